The van der Waals surface area contributed by atoms with Crippen LogP contribution in [0, 0.1) is 0 Å². The van der Waals surface area contributed by atoms with E-state index in [-0.39, 0.29) is 0 Å². The number of benzene rings is 2. The highest BCUT2D eigenvalue weighted by Crippen LogP contribution is 2.31. The summed E-state index contributed by atoms with van der Waals surface area (Å²) in [6.07, 6.45) is 0. The molecule has 17 heavy (non-hydrogen) atoms. The molecule has 0 saturated heterocycles. The fourth-order valence-corrected chi connectivity index (χ4v) is 2.03. The molecule has 3 aromatic rings. The van der Waals surface area contributed by atoms with Gasteiger partial charge < -0.3 is 10.7 Å². The second kappa shape index (κ2) is 3.79. The molecule has 0 bridgehead atoms. The smallest absolute Gasteiger partial charge is 0.140 e. The van der Waals surface area contributed by atoms with Crippen molar-refractivity contribution in [2.24, 2.45) is 0 Å². The minimum absolute atomic E-state index is 0.534. The quantitative estimate of drug-likeness (QED) is 0.643. The van der Waals surface area contributed by atoms with Crippen molar-refractivity contribution in [1.82, 2.24) is 9.97 Å². The number of nitrogens with zero attached hydrogens (tertiary/aromatic N) is 1. The van der Waals surface area contributed by atoms with Gasteiger partial charge in [-0.25, -0.2) is 4.98 Å². The lowest BCUT2D eigenvalue weighted by Crippen LogP contribution is -1.89. The lowest BCUT2D eigenvalue weighted by Gasteiger charge is -2.02. The fourth-order valence-electron chi connectivity index (χ4n) is 1.81. The highest BCUT2D eigenvalue weighted by molar-refractivity contribution is 6.35. The number of nitrogens with two attached hydrogens (primary N) is 1. The lowest BCUT2D eigenvalue weighted by atomic mass is 10.2. The zero-order chi connectivity index (χ0) is 11.8. The minimum Gasteiger partial charge on any atom is -0.398 e. The van der Waals surface area contributed by atoms with Gasteiger partial charge in [-0.2, -0.15) is 0 Å². The van der Waals surface area contributed by atoms with E-state index in [0.717, 1.165) is 22.4 Å². The Labute approximate surface area is 103 Å². The van der Waals surface area contributed by atoms with Crippen molar-refractivity contribution in [2.75, 3.05) is 5.73 Å². The monoisotopic (exact) mass is 243 g/mol. The average molecular weight is 244 g/mol. The largest absolute Gasteiger partial charge is 0.398 e. The molecule has 1 heterocycles. The molecule has 0 aliphatic carbocycles. The van der Waals surface area contributed by atoms with Crippen LogP contribution in [0.3, 0.4) is 0 Å². The third-order valence-electron chi connectivity index (χ3n) is 2.67. The maximum absolute atomic E-state index is 6.17. The van der Waals surface area contributed by atoms with E-state index in [1.165, 1.54) is 0 Å². The van der Waals surface area contributed by atoms with Crippen molar-refractivity contribution in [3.63, 3.8) is 0 Å². The summed E-state index contributed by atoms with van der Waals surface area (Å²) in [4.78, 5) is 7.72. The van der Waals surface area contributed by atoms with Gasteiger partial charge in [0.15, 0.2) is 0 Å². The first kappa shape index (κ1) is 10.2. The van der Waals surface area contributed by atoms with Gasteiger partial charge in [-0.15, -0.1) is 0 Å². The van der Waals surface area contributed by atoms with Gasteiger partial charge in [0.1, 0.15) is 5.82 Å². The summed E-state index contributed by atoms with van der Waals surface area (Å²) in [6.45, 7) is 0. The SMILES string of the molecule is Nc1cccc(-c2nc3ccccc3[nH]2)c1Cl. The molecule has 3 nitrogen and oxygen atoms in total. The standard InChI is InChI=1S/C13H10ClN3/c14-12-8(4-3-5-9(12)15)13-16-10-6-1-2-7-11(10)17-13/h1-7H,15H2,(H,16,17). The summed E-state index contributed by atoms with van der Waals surface area (Å²) in [5, 5.41) is 0.534. The van der Waals surface area contributed by atoms with E-state index >= 15 is 0 Å². The number of fused-ring (bicyclic) bond motifs is 1. The Morgan fingerprint density at radius 3 is 2.71 bits per heavy atom. The number of hydrogen-bond donors (Lipinski definition) is 2. The molecule has 0 aliphatic heterocycles. The van der Waals surface area contributed by atoms with Crippen LogP contribution in [0.2, 0.25) is 5.02 Å². The number of nitrogens with one attached hydrogen (secondary N) is 1. The van der Waals surface area contributed by atoms with Gasteiger partial charge in [-0.1, -0.05) is 29.8 Å². The van der Waals surface area contributed by atoms with Crippen LogP contribution in [-0.2, 0) is 0 Å². The van der Waals surface area contributed by atoms with Crippen LogP contribution in [0.25, 0.3) is 22.4 Å². The van der Waals surface area contributed by atoms with E-state index in [0.29, 0.717) is 10.7 Å². The summed E-state index contributed by atoms with van der Waals surface area (Å²) in [5.74, 6) is 0.739. The number of rotatable bonds is 1. The number of anilines is 1. The van der Waals surface area contributed by atoms with Crippen LogP contribution < -0.4 is 5.73 Å². The normalized spacial score (nSPS) is 10.9. The topological polar surface area (TPSA) is 54.7 Å². The van der Waals surface area contributed by atoms with Gasteiger partial charge >= 0.3 is 0 Å². The summed E-state index contributed by atoms with van der Waals surface area (Å²) in [5.41, 5.74) is 9.07. The van der Waals surface area contributed by atoms with E-state index in [1.54, 1.807) is 6.07 Å². The number of hydrogen-bond acceptors (Lipinski definition) is 2. The number of imidazole rings is 1. The third kappa shape index (κ3) is 1.65. The zero-order valence-electron chi connectivity index (χ0n) is 8.94. The molecule has 0 aliphatic rings. The van der Waals surface area contributed by atoms with Crippen molar-refractivity contribution >= 4 is 28.3 Å². The number of para-hydroxylation sites is 2. The summed E-state index contributed by atoms with van der Waals surface area (Å²) >= 11 is 6.17. The van der Waals surface area contributed by atoms with Crippen LogP contribution in [0.15, 0.2) is 42.5 Å². The molecule has 0 amide bonds. The Bertz CT molecular complexity index is 655. The van der Waals surface area contributed by atoms with Gasteiger partial charge in [-0.3, -0.25) is 0 Å². The van der Waals surface area contributed by atoms with Crippen LogP contribution in [0.5, 0.6) is 0 Å². The molecule has 0 fully saturated rings. The summed E-state index contributed by atoms with van der Waals surface area (Å²) in [7, 11) is 0. The van der Waals surface area contributed by atoms with Crippen molar-refractivity contribution in [2.45, 2.75) is 0 Å². The second-order valence-electron chi connectivity index (χ2n) is 3.81. The Morgan fingerprint density at radius 1 is 1.06 bits per heavy atom. The van der Waals surface area contributed by atoms with Crippen LogP contribution in [-0.4, -0.2) is 9.97 Å². The Balaban J connectivity index is 2.24. The molecule has 4 heteroatoms. The molecular formula is C13H10ClN3. The summed E-state index contributed by atoms with van der Waals surface area (Å²) in [6, 6.07) is 13.4. The van der Waals surface area contributed by atoms with Crippen molar-refractivity contribution in [3.8, 4) is 11.4 Å². The van der Waals surface area contributed by atoms with Crippen LogP contribution in [0.4, 0.5) is 5.69 Å². The number of aromatic amines is 1. The van der Waals surface area contributed by atoms with Gasteiger partial charge in [0.25, 0.3) is 0 Å². The first-order valence-electron chi connectivity index (χ1n) is 5.25. The van der Waals surface area contributed by atoms with Gasteiger partial charge in [-0.05, 0) is 24.3 Å². The molecule has 84 valence electrons. The maximum atomic E-state index is 6.17. The molecule has 0 saturated carbocycles. The van der Waals surface area contributed by atoms with E-state index < -0.39 is 0 Å². The van der Waals surface area contributed by atoms with Gasteiger partial charge in [0.05, 0.1) is 21.7 Å². The van der Waals surface area contributed by atoms with E-state index in [2.05, 4.69) is 9.97 Å². The number of halogens is 1. The molecule has 0 atom stereocenters. The Kier molecular flexibility index (Phi) is 2.27. The number of H-pyrrole nitrogens is 1. The lowest BCUT2D eigenvalue weighted by molar-refractivity contribution is 1.34. The summed E-state index contributed by atoms with van der Waals surface area (Å²) < 4.78 is 0. The van der Waals surface area contributed by atoms with Gasteiger partial charge in [0.2, 0.25) is 0 Å². The highest BCUT2D eigenvalue weighted by atomic mass is 35.5. The zero-order valence-corrected chi connectivity index (χ0v) is 9.70. The van der Waals surface area contributed by atoms with Crippen molar-refractivity contribution in [3.05, 3.63) is 47.5 Å². The average Bonchev–Trinajstić information content (AvgIpc) is 2.76. The first-order valence-corrected chi connectivity index (χ1v) is 5.62. The molecule has 1 aromatic heterocycles. The van der Waals surface area contributed by atoms with Crippen molar-refractivity contribution < 1.29 is 0 Å². The first-order chi connectivity index (χ1) is 8.25. The predicted molar refractivity (Wildman–Crippen MR) is 71.0 cm³/mol. The number of nitrogen functional groups attached to an aromatic ring is 1. The maximum Gasteiger partial charge on any atom is 0.140 e. The Hall–Kier alpha value is -2.00. The fraction of sp³-hybridized carbons (Fsp3) is 0. The molecule has 0 spiro atoms. The molecule has 0 unspecified atom stereocenters. The van der Waals surface area contributed by atoms with E-state index in [9.17, 15) is 0 Å². The highest BCUT2D eigenvalue weighted by Gasteiger charge is 2.09. The molecule has 2 aromatic carbocycles. The molecule has 3 rings (SSSR count). The Morgan fingerprint density at radius 2 is 1.88 bits per heavy atom. The molecule has 3 N–H and O–H groups in total. The third-order valence-corrected chi connectivity index (χ3v) is 3.09. The van der Waals surface area contributed by atoms with Crippen LogP contribution in [0.1, 0.15) is 0 Å². The second-order valence-corrected chi connectivity index (χ2v) is 4.19. The van der Waals surface area contributed by atoms with E-state index in [4.69, 9.17) is 17.3 Å². The number of aromatic nitrogens is 2. The molecular weight excluding hydrogens is 234 g/mol. The van der Waals surface area contributed by atoms with Gasteiger partial charge in [0, 0.05) is 5.56 Å². The minimum atomic E-state index is 0.534. The van der Waals surface area contributed by atoms with Crippen molar-refractivity contribution in [1.29, 1.82) is 0 Å². The molecule has 0 radical (unpaired) electrons. The predicted octanol–water partition coefficient (Wildman–Crippen LogP) is 3.47. The van der Waals surface area contributed by atoms with E-state index in [1.807, 2.05) is 36.4 Å². The van der Waals surface area contributed by atoms with Crippen LogP contribution >= 0.6 is 11.6 Å².